The van der Waals surface area contributed by atoms with Gasteiger partial charge < -0.3 is 14.4 Å². The first-order valence-electron chi connectivity index (χ1n) is 10.5. The number of hydrogen-bond donors (Lipinski definition) is 1. The molecule has 0 aliphatic rings. The van der Waals surface area contributed by atoms with Crippen LogP contribution in [0, 0.1) is 18.7 Å². The van der Waals surface area contributed by atoms with Crippen LogP contribution in [0.3, 0.4) is 0 Å². The zero-order valence-electron chi connectivity index (χ0n) is 18.8. The summed E-state index contributed by atoms with van der Waals surface area (Å²) in [6.45, 7) is 6.78. The van der Waals surface area contributed by atoms with Crippen LogP contribution >= 0.6 is 0 Å². The summed E-state index contributed by atoms with van der Waals surface area (Å²) in [7, 11) is -4.11. The third-order valence-electron chi connectivity index (χ3n) is 4.76. The molecule has 0 aliphatic carbocycles. The van der Waals surface area contributed by atoms with Crippen molar-refractivity contribution in [1.29, 1.82) is 0 Å². The lowest BCUT2D eigenvalue weighted by molar-refractivity contribution is 0.201. The highest BCUT2D eigenvalue weighted by Gasteiger charge is 2.19. The van der Waals surface area contributed by atoms with Gasteiger partial charge in [-0.25, -0.2) is 9.18 Å². The summed E-state index contributed by atoms with van der Waals surface area (Å²) in [6.07, 6.45) is 0. The highest BCUT2D eigenvalue weighted by molar-refractivity contribution is 7.87. The van der Waals surface area contributed by atoms with E-state index in [0.29, 0.717) is 17.8 Å². The Bertz CT molecular complexity index is 1190. The van der Waals surface area contributed by atoms with Crippen LogP contribution in [0.1, 0.15) is 25.0 Å². The van der Waals surface area contributed by atoms with Crippen LogP contribution in [0.15, 0.2) is 77.7 Å². The van der Waals surface area contributed by atoms with Gasteiger partial charge in [0, 0.05) is 18.8 Å². The van der Waals surface area contributed by atoms with E-state index in [0.717, 1.165) is 29.8 Å². The van der Waals surface area contributed by atoms with Crippen LogP contribution in [0.2, 0.25) is 0 Å². The molecule has 0 atom stereocenters. The second-order valence-corrected chi connectivity index (χ2v) is 9.76. The van der Waals surface area contributed by atoms with Gasteiger partial charge in [0.1, 0.15) is 16.5 Å². The average Bonchev–Trinajstić information content (AvgIpc) is 2.75. The SMILES string of the molecule is Cc1ccc(NC(=O)N(Cc2cccc(OS(=O)(=O)c3ccc(F)cc3)c2)CC(C)C)cc1. The Morgan fingerprint density at radius 2 is 1.70 bits per heavy atom. The van der Waals surface area contributed by atoms with Crippen molar-refractivity contribution in [2.45, 2.75) is 32.2 Å². The molecule has 0 heterocycles. The molecule has 0 bridgehead atoms. The number of halogens is 1. The van der Waals surface area contributed by atoms with Gasteiger partial charge >= 0.3 is 16.1 Å². The van der Waals surface area contributed by atoms with Gasteiger partial charge in [-0.05, 0) is 66.9 Å². The maximum Gasteiger partial charge on any atom is 0.339 e. The summed E-state index contributed by atoms with van der Waals surface area (Å²) < 4.78 is 43.4. The predicted molar refractivity (Wildman–Crippen MR) is 126 cm³/mol. The minimum absolute atomic E-state index is 0.111. The Morgan fingerprint density at radius 3 is 2.33 bits per heavy atom. The van der Waals surface area contributed by atoms with Crippen LogP contribution in [-0.4, -0.2) is 25.9 Å². The number of anilines is 1. The summed E-state index contributed by atoms with van der Waals surface area (Å²) in [5, 5.41) is 2.90. The molecule has 0 unspecified atom stereocenters. The maximum atomic E-state index is 13.1. The smallest absolute Gasteiger partial charge is 0.339 e. The minimum atomic E-state index is -4.11. The Labute approximate surface area is 194 Å². The zero-order chi connectivity index (χ0) is 24.0. The van der Waals surface area contributed by atoms with Crippen molar-refractivity contribution in [3.05, 3.63) is 89.7 Å². The maximum absolute atomic E-state index is 13.1. The van der Waals surface area contributed by atoms with E-state index >= 15 is 0 Å². The van der Waals surface area contributed by atoms with E-state index in [4.69, 9.17) is 4.18 Å². The van der Waals surface area contributed by atoms with Crippen LogP contribution in [-0.2, 0) is 16.7 Å². The first-order chi connectivity index (χ1) is 15.6. The summed E-state index contributed by atoms with van der Waals surface area (Å²) in [5.74, 6) is -0.197. The van der Waals surface area contributed by atoms with Gasteiger partial charge in [0.05, 0.1) is 0 Å². The first kappa shape index (κ1) is 24.3. The predicted octanol–water partition coefficient (Wildman–Crippen LogP) is 5.59. The van der Waals surface area contributed by atoms with Gasteiger partial charge in [-0.1, -0.05) is 43.7 Å². The van der Waals surface area contributed by atoms with E-state index in [-0.39, 0.29) is 29.1 Å². The lowest BCUT2D eigenvalue weighted by Crippen LogP contribution is -2.37. The van der Waals surface area contributed by atoms with Crippen molar-refractivity contribution in [3.63, 3.8) is 0 Å². The number of amides is 2. The van der Waals surface area contributed by atoms with E-state index in [1.807, 2.05) is 45.0 Å². The quantitative estimate of drug-likeness (QED) is 0.435. The molecule has 33 heavy (non-hydrogen) atoms. The van der Waals surface area contributed by atoms with Crippen LogP contribution in [0.5, 0.6) is 5.75 Å². The third-order valence-corrected chi connectivity index (χ3v) is 6.02. The molecule has 8 heteroatoms. The summed E-state index contributed by atoms with van der Waals surface area (Å²) in [6, 6.07) is 18.2. The van der Waals surface area contributed by atoms with Gasteiger partial charge in [-0.3, -0.25) is 0 Å². The highest BCUT2D eigenvalue weighted by Crippen LogP contribution is 2.22. The average molecular weight is 471 g/mol. The van der Waals surface area contributed by atoms with Gasteiger partial charge in [0.15, 0.2) is 0 Å². The molecule has 6 nitrogen and oxygen atoms in total. The molecule has 0 aromatic heterocycles. The van der Waals surface area contributed by atoms with Crippen molar-refractivity contribution in [2.24, 2.45) is 5.92 Å². The number of nitrogens with one attached hydrogen (secondary N) is 1. The zero-order valence-corrected chi connectivity index (χ0v) is 19.6. The Balaban J connectivity index is 1.75. The van der Waals surface area contributed by atoms with E-state index in [2.05, 4.69) is 5.32 Å². The molecule has 0 saturated heterocycles. The summed E-state index contributed by atoms with van der Waals surface area (Å²) >= 11 is 0. The van der Waals surface area contributed by atoms with E-state index in [9.17, 15) is 17.6 Å². The van der Waals surface area contributed by atoms with E-state index in [1.165, 1.54) is 6.07 Å². The number of nitrogens with zero attached hydrogens (tertiary/aromatic N) is 1. The molecular formula is C25H27FN2O4S. The molecule has 2 amide bonds. The largest absolute Gasteiger partial charge is 0.379 e. The third kappa shape index (κ3) is 7.05. The molecule has 0 radical (unpaired) electrons. The lowest BCUT2D eigenvalue weighted by atomic mass is 10.1. The molecule has 1 N–H and O–H groups in total. The Hall–Kier alpha value is -3.39. The fourth-order valence-corrected chi connectivity index (χ4v) is 4.11. The van der Waals surface area contributed by atoms with Gasteiger partial charge in [-0.15, -0.1) is 0 Å². The van der Waals surface area contributed by atoms with Crippen LogP contribution in [0.25, 0.3) is 0 Å². The summed E-state index contributed by atoms with van der Waals surface area (Å²) in [5.41, 5.74) is 2.50. The molecule has 3 aromatic rings. The topological polar surface area (TPSA) is 75.7 Å². The molecule has 3 aromatic carbocycles. The standard InChI is InChI=1S/C25H27FN2O4S/c1-18(2)16-28(25(29)27-22-11-7-19(3)8-12-22)17-20-5-4-6-23(15-20)32-33(30,31)24-13-9-21(26)10-14-24/h4-15,18H,16-17H2,1-3H3,(H,27,29). The van der Waals surface area contributed by atoms with Gasteiger partial charge in [0.2, 0.25) is 0 Å². The Morgan fingerprint density at radius 1 is 1.03 bits per heavy atom. The molecule has 174 valence electrons. The van der Waals surface area contributed by atoms with Crippen molar-refractivity contribution < 1.29 is 21.8 Å². The molecular weight excluding hydrogens is 443 g/mol. The van der Waals surface area contributed by atoms with Crippen molar-refractivity contribution >= 4 is 21.8 Å². The number of urea groups is 1. The van der Waals surface area contributed by atoms with E-state index in [1.54, 1.807) is 23.1 Å². The van der Waals surface area contributed by atoms with E-state index < -0.39 is 15.9 Å². The number of hydrogen-bond acceptors (Lipinski definition) is 4. The summed E-state index contributed by atoms with van der Waals surface area (Å²) in [4.78, 5) is 14.4. The lowest BCUT2D eigenvalue weighted by Gasteiger charge is -2.25. The number of rotatable bonds is 8. The first-order valence-corrected chi connectivity index (χ1v) is 11.9. The van der Waals surface area contributed by atoms with Gasteiger partial charge in [0.25, 0.3) is 0 Å². The normalized spacial score (nSPS) is 11.3. The molecule has 0 saturated carbocycles. The van der Waals surface area contributed by atoms with Crippen LogP contribution < -0.4 is 9.50 Å². The fourth-order valence-electron chi connectivity index (χ4n) is 3.19. The van der Waals surface area contributed by atoms with Crippen molar-refractivity contribution in [3.8, 4) is 5.75 Å². The second kappa shape index (κ2) is 10.5. The number of aryl methyl sites for hydroxylation is 1. The van der Waals surface area contributed by atoms with Crippen molar-refractivity contribution in [2.75, 3.05) is 11.9 Å². The monoisotopic (exact) mass is 470 g/mol. The number of benzene rings is 3. The minimum Gasteiger partial charge on any atom is -0.379 e. The Kier molecular flexibility index (Phi) is 7.71. The number of carbonyl (C=O) groups is 1. The molecule has 0 aliphatic heterocycles. The molecule has 3 rings (SSSR count). The highest BCUT2D eigenvalue weighted by atomic mass is 32.2. The second-order valence-electron chi connectivity index (χ2n) is 8.21. The molecule has 0 spiro atoms. The van der Waals surface area contributed by atoms with Crippen molar-refractivity contribution in [1.82, 2.24) is 4.90 Å². The van der Waals surface area contributed by atoms with Gasteiger partial charge in [-0.2, -0.15) is 8.42 Å². The van der Waals surface area contributed by atoms with Crippen LogP contribution in [0.4, 0.5) is 14.9 Å². The molecule has 0 fully saturated rings. The number of carbonyl (C=O) groups excluding carboxylic acids is 1. The fraction of sp³-hybridized carbons (Fsp3) is 0.240.